The van der Waals surface area contributed by atoms with Gasteiger partial charge >= 0.3 is 6.18 Å². The van der Waals surface area contributed by atoms with Gasteiger partial charge in [0.1, 0.15) is 12.4 Å². The molecule has 11 heteroatoms. The molecule has 200 valence electrons. The molecular weight excluding hydrogens is 545 g/mol. The third-order valence-electron chi connectivity index (χ3n) is 5.53. The van der Waals surface area contributed by atoms with E-state index in [1.807, 2.05) is 0 Å². The highest BCUT2D eigenvalue weighted by Gasteiger charge is 2.33. The lowest BCUT2D eigenvalue weighted by atomic mass is 10.1. The standard InChI is InChI=1S/C27H23Cl2F4N3O2/c1-17(18-6-9-21(28)10-7-18)35-36(26(38)13-8-19-4-2-3-5-24(19)30)16-25(37)34-15-20-14-22(29)11-12-23(20)27(31,32)33/h2-7,9-12,14H,8,13,15-16H2,1H3,(H,34,37)/b35-17+. The van der Waals surface area contributed by atoms with E-state index in [0.29, 0.717) is 21.9 Å². The fraction of sp³-hybridized carbons (Fsp3) is 0.222. The summed E-state index contributed by atoms with van der Waals surface area (Å²) in [7, 11) is 0. The Bertz CT molecular complexity index is 1330. The summed E-state index contributed by atoms with van der Waals surface area (Å²) in [6, 6.07) is 15.7. The Morgan fingerprint density at radius 2 is 1.61 bits per heavy atom. The number of hydrogen-bond donors (Lipinski definition) is 1. The summed E-state index contributed by atoms with van der Waals surface area (Å²) < 4.78 is 54.0. The van der Waals surface area contributed by atoms with Crippen LogP contribution in [0.4, 0.5) is 17.6 Å². The summed E-state index contributed by atoms with van der Waals surface area (Å²) in [6.07, 6.45) is -4.73. The second-order valence-corrected chi connectivity index (χ2v) is 9.18. The van der Waals surface area contributed by atoms with E-state index < -0.39 is 42.5 Å². The predicted octanol–water partition coefficient (Wildman–Crippen LogP) is 6.65. The number of aryl methyl sites for hydroxylation is 1. The highest BCUT2D eigenvalue weighted by Crippen LogP contribution is 2.33. The molecule has 0 aliphatic heterocycles. The number of hydrazone groups is 1. The SMILES string of the molecule is C/C(=N\N(CC(=O)NCc1cc(Cl)ccc1C(F)(F)F)C(=O)CCc1ccccc1F)c1ccc(Cl)cc1. The molecule has 2 amide bonds. The zero-order valence-corrected chi connectivity index (χ0v) is 21.7. The van der Waals surface area contributed by atoms with Crippen LogP contribution in [0.5, 0.6) is 0 Å². The van der Waals surface area contributed by atoms with Gasteiger partial charge in [-0.1, -0.05) is 53.5 Å². The molecule has 1 N–H and O–H groups in total. The van der Waals surface area contributed by atoms with Gasteiger partial charge in [-0.3, -0.25) is 9.59 Å². The molecule has 0 unspecified atom stereocenters. The molecule has 0 saturated carbocycles. The third-order valence-corrected chi connectivity index (χ3v) is 6.02. The van der Waals surface area contributed by atoms with Gasteiger partial charge in [0.2, 0.25) is 11.8 Å². The Morgan fingerprint density at radius 1 is 0.947 bits per heavy atom. The van der Waals surface area contributed by atoms with E-state index >= 15 is 0 Å². The van der Waals surface area contributed by atoms with Crippen LogP contribution >= 0.6 is 23.2 Å². The zero-order valence-electron chi connectivity index (χ0n) is 20.2. The first-order valence-electron chi connectivity index (χ1n) is 11.4. The van der Waals surface area contributed by atoms with E-state index in [2.05, 4.69) is 10.4 Å². The molecule has 5 nitrogen and oxygen atoms in total. The maximum absolute atomic E-state index is 14.0. The van der Waals surface area contributed by atoms with Crippen LogP contribution in [0.2, 0.25) is 10.0 Å². The van der Waals surface area contributed by atoms with E-state index in [9.17, 15) is 27.2 Å². The lowest BCUT2D eigenvalue weighted by molar-refractivity contribution is -0.138. The quantitative estimate of drug-likeness (QED) is 0.179. The monoisotopic (exact) mass is 567 g/mol. The maximum Gasteiger partial charge on any atom is 0.416 e. The molecule has 0 fully saturated rings. The van der Waals surface area contributed by atoms with E-state index in [1.54, 1.807) is 43.3 Å². The van der Waals surface area contributed by atoms with E-state index in [0.717, 1.165) is 23.2 Å². The first kappa shape index (κ1) is 29.1. The number of nitrogens with one attached hydrogen (secondary N) is 1. The molecule has 3 rings (SSSR count). The van der Waals surface area contributed by atoms with Crippen LogP contribution in [0.15, 0.2) is 71.8 Å². The van der Waals surface area contributed by atoms with Crippen molar-refractivity contribution in [2.75, 3.05) is 6.54 Å². The maximum atomic E-state index is 14.0. The second-order valence-electron chi connectivity index (χ2n) is 8.31. The number of amides is 2. The average Bonchev–Trinajstić information content (AvgIpc) is 2.86. The van der Waals surface area contributed by atoms with Gasteiger partial charge in [-0.05, 0) is 66.4 Å². The van der Waals surface area contributed by atoms with Crippen molar-refractivity contribution in [3.63, 3.8) is 0 Å². The van der Waals surface area contributed by atoms with Crippen LogP contribution in [0, 0.1) is 5.82 Å². The summed E-state index contributed by atoms with van der Waals surface area (Å²) in [5.74, 6) is -1.78. The number of hydrogen-bond acceptors (Lipinski definition) is 3. The predicted molar refractivity (Wildman–Crippen MR) is 138 cm³/mol. The van der Waals surface area contributed by atoms with Crippen molar-refractivity contribution >= 4 is 40.7 Å². The molecular formula is C27H23Cl2F4N3O2. The number of carbonyl (C=O) groups excluding carboxylic acids is 2. The summed E-state index contributed by atoms with van der Waals surface area (Å²) in [6.45, 7) is 0.591. The summed E-state index contributed by atoms with van der Waals surface area (Å²) >= 11 is 11.8. The van der Waals surface area contributed by atoms with Gasteiger partial charge in [-0.25, -0.2) is 9.40 Å². The largest absolute Gasteiger partial charge is 0.416 e. The zero-order chi connectivity index (χ0) is 27.9. The molecule has 0 radical (unpaired) electrons. The Morgan fingerprint density at radius 3 is 2.26 bits per heavy atom. The summed E-state index contributed by atoms with van der Waals surface area (Å²) in [4.78, 5) is 25.7. The topological polar surface area (TPSA) is 61.8 Å². The lowest BCUT2D eigenvalue weighted by Crippen LogP contribution is -2.38. The minimum Gasteiger partial charge on any atom is -0.350 e. The van der Waals surface area contributed by atoms with E-state index in [-0.39, 0.29) is 23.4 Å². The molecule has 3 aromatic carbocycles. The third kappa shape index (κ3) is 8.29. The van der Waals surface area contributed by atoms with Gasteiger partial charge in [0, 0.05) is 23.0 Å². The molecule has 0 aliphatic carbocycles. The number of carbonyl (C=O) groups is 2. The fourth-order valence-electron chi connectivity index (χ4n) is 3.55. The number of benzene rings is 3. The normalized spacial score (nSPS) is 11.8. The Balaban J connectivity index is 1.77. The van der Waals surface area contributed by atoms with Gasteiger partial charge < -0.3 is 5.32 Å². The van der Waals surface area contributed by atoms with Crippen molar-refractivity contribution < 1.29 is 27.2 Å². The average molecular weight is 568 g/mol. The minimum absolute atomic E-state index is 0.0661. The molecule has 3 aromatic rings. The second kappa shape index (κ2) is 12.9. The Labute approximate surface area is 227 Å². The number of alkyl halides is 3. The summed E-state index contributed by atoms with van der Waals surface area (Å²) in [5, 5.41) is 8.16. The van der Waals surface area contributed by atoms with Gasteiger partial charge in [-0.15, -0.1) is 0 Å². The van der Waals surface area contributed by atoms with Gasteiger partial charge in [0.25, 0.3) is 0 Å². The highest BCUT2D eigenvalue weighted by atomic mass is 35.5. The van der Waals surface area contributed by atoms with Crippen LogP contribution in [0.25, 0.3) is 0 Å². The lowest BCUT2D eigenvalue weighted by Gasteiger charge is -2.19. The van der Waals surface area contributed by atoms with E-state index in [1.165, 1.54) is 12.1 Å². The van der Waals surface area contributed by atoms with Gasteiger partial charge in [-0.2, -0.15) is 18.3 Å². The minimum atomic E-state index is -4.64. The number of nitrogens with zero attached hydrogens (tertiary/aromatic N) is 2. The van der Waals surface area contributed by atoms with Crippen LogP contribution in [-0.4, -0.2) is 29.1 Å². The molecule has 0 aliphatic rings. The Hall–Kier alpha value is -3.43. The van der Waals surface area contributed by atoms with Crippen molar-refractivity contribution in [1.82, 2.24) is 10.3 Å². The smallest absolute Gasteiger partial charge is 0.350 e. The first-order chi connectivity index (χ1) is 17.9. The van der Waals surface area contributed by atoms with Crippen molar-refractivity contribution in [2.45, 2.75) is 32.5 Å². The fourth-order valence-corrected chi connectivity index (χ4v) is 3.87. The van der Waals surface area contributed by atoms with Crippen LogP contribution in [-0.2, 0) is 28.7 Å². The molecule has 0 saturated heterocycles. The van der Waals surface area contributed by atoms with Gasteiger partial charge in [0.05, 0.1) is 11.3 Å². The molecule has 38 heavy (non-hydrogen) atoms. The van der Waals surface area contributed by atoms with Crippen molar-refractivity contribution in [2.24, 2.45) is 5.10 Å². The molecule has 0 atom stereocenters. The van der Waals surface area contributed by atoms with Crippen molar-refractivity contribution in [3.05, 3.63) is 105 Å². The first-order valence-corrected chi connectivity index (χ1v) is 12.2. The molecule has 0 bridgehead atoms. The highest BCUT2D eigenvalue weighted by molar-refractivity contribution is 6.31. The molecule has 0 heterocycles. The summed E-state index contributed by atoms with van der Waals surface area (Å²) in [5.41, 5.74) is 0.191. The van der Waals surface area contributed by atoms with Crippen molar-refractivity contribution in [1.29, 1.82) is 0 Å². The van der Waals surface area contributed by atoms with Crippen LogP contribution in [0.1, 0.15) is 35.6 Å². The van der Waals surface area contributed by atoms with Crippen LogP contribution < -0.4 is 5.32 Å². The Kier molecular flexibility index (Phi) is 9.88. The van der Waals surface area contributed by atoms with E-state index in [4.69, 9.17) is 23.2 Å². The number of halogens is 6. The van der Waals surface area contributed by atoms with Crippen LogP contribution in [0.3, 0.4) is 0 Å². The van der Waals surface area contributed by atoms with Gasteiger partial charge in [0.15, 0.2) is 0 Å². The van der Waals surface area contributed by atoms with Crippen molar-refractivity contribution in [3.8, 4) is 0 Å². The molecule has 0 spiro atoms. The number of rotatable bonds is 9. The molecule has 0 aromatic heterocycles.